The number of piperazine rings is 1. The van der Waals surface area contributed by atoms with Gasteiger partial charge in [0.1, 0.15) is 11.6 Å². The van der Waals surface area contributed by atoms with E-state index < -0.39 is 6.61 Å². The van der Waals surface area contributed by atoms with E-state index in [1.165, 1.54) is 18.2 Å². The maximum Gasteiger partial charge on any atom is 0.387 e. The summed E-state index contributed by atoms with van der Waals surface area (Å²) in [5.74, 6) is 1.34. The van der Waals surface area contributed by atoms with Crippen molar-refractivity contribution in [1.82, 2.24) is 14.9 Å². The van der Waals surface area contributed by atoms with E-state index in [-0.39, 0.29) is 11.7 Å². The molecule has 8 heteroatoms. The lowest BCUT2D eigenvalue weighted by molar-refractivity contribution is -0.126. The van der Waals surface area contributed by atoms with E-state index in [9.17, 15) is 13.6 Å². The molecule has 4 rings (SSSR count). The molecular formula is C24H22F2N4O2. The van der Waals surface area contributed by atoms with E-state index in [2.05, 4.69) is 19.6 Å². The minimum Gasteiger partial charge on any atom is -0.434 e. The second kappa shape index (κ2) is 10.00. The molecule has 0 N–H and O–H groups in total. The first-order valence-electron chi connectivity index (χ1n) is 10.2. The third-order valence-corrected chi connectivity index (χ3v) is 5.13. The zero-order valence-electron chi connectivity index (χ0n) is 17.3. The highest BCUT2D eigenvalue weighted by Crippen LogP contribution is 2.22. The number of hydrogen-bond donors (Lipinski definition) is 0. The molecule has 0 bridgehead atoms. The van der Waals surface area contributed by atoms with Gasteiger partial charge in [-0.2, -0.15) is 8.78 Å². The van der Waals surface area contributed by atoms with Crippen LogP contribution in [0.15, 0.2) is 72.9 Å². The van der Waals surface area contributed by atoms with Crippen molar-refractivity contribution < 1.29 is 18.3 Å². The number of halogens is 2. The van der Waals surface area contributed by atoms with Crippen LogP contribution in [0.3, 0.4) is 0 Å². The average molecular weight is 436 g/mol. The van der Waals surface area contributed by atoms with Crippen LogP contribution in [0.4, 0.5) is 14.6 Å². The predicted molar refractivity (Wildman–Crippen MR) is 118 cm³/mol. The van der Waals surface area contributed by atoms with Gasteiger partial charge in [-0.05, 0) is 18.2 Å². The molecule has 2 aromatic carbocycles. The number of rotatable bonds is 6. The van der Waals surface area contributed by atoms with Gasteiger partial charge in [0.2, 0.25) is 5.91 Å². The van der Waals surface area contributed by atoms with Crippen LogP contribution in [0.25, 0.3) is 17.5 Å². The number of carbonyl (C=O) groups excluding carboxylic acids is 1. The van der Waals surface area contributed by atoms with Gasteiger partial charge in [-0.3, -0.25) is 4.79 Å². The van der Waals surface area contributed by atoms with Crippen molar-refractivity contribution in [2.45, 2.75) is 6.61 Å². The van der Waals surface area contributed by atoms with Crippen molar-refractivity contribution in [2.75, 3.05) is 31.1 Å². The molecule has 1 aliphatic heterocycles. The molecule has 0 atom stereocenters. The standard InChI is InChI=1S/C24H22F2N4O2/c25-24(26)32-20-9-5-4-6-18(20)10-11-22(31)30-16-14-29(15-17-30)21-12-13-27-23(28-21)19-7-2-1-3-8-19/h1-13,24H,14-17H2/b11-10+. The Morgan fingerprint density at radius 2 is 1.69 bits per heavy atom. The maximum atomic E-state index is 12.6. The van der Waals surface area contributed by atoms with E-state index in [0.717, 1.165) is 11.4 Å². The molecule has 6 nitrogen and oxygen atoms in total. The number of benzene rings is 2. The Hall–Kier alpha value is -3.81. The summed E-state index contributed by atoms with van der Waals surface area (Å²) in [5, 5.41) is 0. The minimum atomic E-state index is -2.92. The molecule has 1 saturated heterocycles. The van der Waals surface area contributed by atoms with Crippen molar-refractivity contribution in [3.63, 3.8) is 0 Å². The molecule has 1 aromatic heterocycles. The fourth-order valence-corrected chi connectivity index (χ4v) is 3.50. The average Bonchev–Trinajstić information content (AvgIpc) is 2.84. The lowest BCUT2D eigenvalue weighted by atomic mass is 10.2. The summed E-state index contributed by atoms with van der Waals surface area (Å²) in [6.07, 6.45) is 4.63. The van der Waals surface area contributed by atoms with Crippen LogP contribution in [0.1, 0.15) is 5.56 Å². The van der Waals surface area contributed by atoms with Crippen molar-refractivity contribution in [2.24, 2.45) is 0 Å². The fourth-order valence-electron chi connectivity index (χ4n) is 3.50. The Morgan fingerprint density at radius 3 is 2.44 bits per heavy atom. The molecule has 3 aromatic rings. The molecule has 1 aliphatic rings. The Kier molecular flexibility index (Phi) is 6.69. The molecule has 164 valence electrons. The van der Waals surface area contributed by atoms with Crippen LogP contribution < -0.4 is 9.64 Å². The van der Waals surface area contributed by atoms with Gasteiger partial charge < -0.3 is 14.5 Å². The Labute approximate surface area is 184 Å². The van der Waals surface area contributed by atoms with E-state index in [1.807, 2.05) is 36.4 Å². The summed E-state index contributed by atoms with van der Waals surface area (Å²) in [6, 6.07) is 18.0. The summed E-state index contributed by atoms with van der Waals surface area (Å²) in [4.78, 5) is 25.5. The number of aromatic nitrogens is 2. The number of para-hydroxylation sites is 1. The second-order valence-electron chi connectivity index (χ2n) is 7.17. The van der Waals surface area contributed by atoms with E-state index in [4.69, 9.17) is 0 Å². The Bertz CT molecular complexity index is 1080. The van der Waals surface area contributed by atoms with E-state index in [1.54, 1.807) is 29.3 Å². The van der Waals surface area contributed by atoms with Gasteiger partial charge in [-0.1, -0.05) is 48.5 Å². The van der Waals surface area contributed by atoms with Crippen molar-refractivity contribution in [3.05, 3.63) is 78.5 Å². The van der Waals surface area contributed by atoms with Crippen LogP contribution in [-0.4, -0.2) is 53.6 Å². The first-order chi connectivity index (χ1) is 15.6. The summed E-state index contributed by atoms with van der Waals surface area (Å²) >= 11 is 0. The molecule has 0 radical (unpaired) electrons. The van der Waals surface area contributed by atoms with Crippen molar-refractivity contribution in [1.29, 1.82) is 0 Å². The first kappa shape index (κ1) is 21.4. The second-order valence-corrected chi connectivity index (χ2v) is 7.17. The number of nitrogens with zero attached hydrogens (tertiary/aromatic N) is 4. The van der Waals surface area contributed by atoms with E-state index >= 15 is 0 Å². The molecule has 2 heterocycles. The fraction of sp³-hybridized carbons (Fsp3) is 0.208. The van der Waals surface area contributed by atoms with Crippen molar-refractivity contribution >= 4 is 17.8 Å². The first-order valence-corrected chi connectivity index (χ1v) is 10.2. The topological polar surface area (TPSA) is 58.6 Å². The van der Waals surface area contributed by atoms with Crippen LogP contribution >= 0.6 is 0 Å². The molecule has 32 heavy (non-hydrogen) atoms. The number of amides is 1. The highest BCUT2D eigenvalue weighted by Gasteiger charge is 2.21. The maximum absolute atomic E-state index is 12.6. The third kappa shape index (κ3) is 5.26. The molecule has 0 saturated carbocycles. The summed E-state index contributed by atoms with van der Waals surface area (Å²) in [5.41, 5.74) is 1.37. The quantitative estimate of drug-likeness (QED) is 0.545. The zero-order valence-corrected chi connectivity index (χ0v) is 17.3. The SMILES string of the molecule is O=C(/C=C/c1ccccc1OC(F)F)N1CCN(c2ccnc(-c3ccccc3)n2)CC1. The Balaban J connectivity index is 1.37. The number of carbonyl (C=O) groups is 1. The van der Waals surface area contributed by atoms with Gasteiger partial charge in [0.25, 0.3) is 0 Å². The molecule has 0 unspecified atom stereocenters. The molecule has 0 aliphatic carbocycles. The summed E-state index contributed by atoms with van der Waals surface area (Å²) in [7, 11) is 0. The summed E-state index contributed by atoms with van der Waals surface area (Å²) in [6.45, 7) is -0.588. The molecule has 1 fully saturated rings. The molecular weight excluding hydrogens is 414 g/mol. The number of anilines is 1. The van der Waals surface area contributed by atoms with Crippen LogP contribution in [-0.2, 0) is 4.79 Å². The smallest absolute Gasteiger partial charge is 0.387 e. The van der Waals surface area contributed by atoms with Gasteiger partial charge in [-0.15, -0.1) is 0 Å². The van der Waals surface area contributed by atoms with Crippen LogP contribution in [0.2, 0.25) is 0 Å². The monoisotopic (exact) mass is 436 g/mol. The minimum absolute atomic E-state index is 0.0364. The number of ether oxygens (including phenoxy) is 1. The predicted octanol–water partition coefficient (Wildman–Crippen LogP) is 4.11. The van der Waals surface area contributed by atoms with Gasteiger partial charge in [-0.25, -0.2) is 9.97 Å². The van der Waals surface area contributed by atoms with Gasteiger partial charge in [0.05, 0.1) is 0 Å². The van der Waals surface area contributed by atoms with E-state index in [0.29, 0.717) is 37.6 Å². The van der Waals surface area contributed by atoms with Gasteiger partial charge >= 0.3 is 6.61 Å². The lowest BCUT2D eigenvalue weighted by Crippen LogP contribution is -2.48. The largest absolute Gasteiger partial charge is 0.434 e. The van der Waals surface area contributed by atoms with Crippen molar-refractivity contribution in [3.8, 4) is 17.1 Å². The molecule has 0 spiro atoms. The number of hydrogen-bond acceptors (Lipinski definition) is 5. The van der Waals surface area contributed by atoms with Gasteiger partial charge in [0.15, 0.2) is 5.82 Å². The van der Waals surface area contributed by atoms with Crippen LogP contribution in [0, 0.1) is 0 Å². The Morgan fingerprint density at radius 1 is 0.969 bits per heavy atom. The van der Waals surface area contributed by atoms with Gasteiger partial charge in [0, 0.05) is 49.6 Å². The highest BCUT2D eigenvalue weighted by atomic mass is 19.3. The number of alkyl halides is 2. The highest BCUT2D eigenvalue weighted by molar-refractivity contribution is 5.92. The normalized spacial score (nSPS) is 14.2. The zero-order chi connectivity index (χ0) is 22.3. The van der Waals surface area contributed by atoms with Crippen LogP contribution in [0.5, 0.6) is 5.75 Å². The lowest BCUT2D eigenvalue weighted by Gasteiger charge is -2.35. The summed E-state index contributed by atoms with van der Waals surface area (Å²) < 4.78 is 29.6. The third-order valence-electron chi connectivity index (χ3n) is 5.13. The molecule has 1 amide bonds.